The molecular weight excluding hydrogens is 723 g/mol. The summed E-state index contributed by atoms with van der Waals surface area (Å²) in [5.41, 5.74) is 2.10. The number of amides is 4. The second-order valence-corrected chi connectivity index (χ2v) is 14.8. The predicted octanol–water partition coefficient (Wildman–Crippen LogP) is 3.63. The van der Waals surface area contributed by atoms with Crippen molar-refractivity contribution in [3.63, 3.8) is 0 Å². The van der Waals surface area contributed by atoms with Crippen molar-refractivity contribution in [2.24, 2.45) is 11.8 Å². The second kappa shape index (κ2) is 21.7. The SMILES string of the molecule is CC[C@H](C)[C@@H](CO)NC(=O)/C=[P+](\[O-])O[C@@H](CC(C)C)NC(=O)[C@H](Cc1cnc[nH]1)NC(=O)[C@H](Cc1cccc2ccccc12)NC(=O)OCc1ccccc1. The Morgan fingerprint density at radius 2 is 1.58 bits per heavy atom. The number of alkyl carbamates (subject to hydrolysis) is 1. The minimum absolute atomic E-state index is 0.00968. The van der Waals surface area contributed by atoms with E-state index in [2.05, 4.69) is 31.2 Å². The van der Waals surface area contributed by atoms with Crippen molar-refractivity contribution in [1.29, 1.82) is 0 Å². The number of fused-ring (bicyclic) bond motifs is 1. The van der Waals surface area contributed by atoms with Crippen molar-refractivity contribution < 1.29 is 38.4 Å². The molecule has 4 amide bonds. The number of aromatic amines is 1. The molecule has 294 valence electrons. The average molecular weight is 775 g/mol. The van der Waals surface area contributed by atoms with E-state index < -0.39 is 56.2 Å². The fourth-order valence-corrected chi connectivity index (χ4v) is 6.56. The summed E-state index contributed by atoms with van der Waals surface area (Å²) in [7, 11) is -2.69. The maximum atomic E-state index is 14.1. The zero-order chi connectivity index (χ0) is 39.7. The number of rotatable bonds is 20. The second-order valence-electron chi connectivity index (χ2n) is 13.8. The minimum Gasteiger partial charge on any atom is -0.603 e. The molecule has 6 atom stereocenters. The van der Waals surface area contributed by atoms with Gasteiger partial charge in [0.25, 0.3) is 5.91 Å². The van der Waals surface area contributed by atoms with Crippen LogP contribution < -0.4 is 26.2 Å². The number of aliphatic hydroxyl groups is 1. The molecule has 55 heavy (non-hydrogen) atoms. The lowest BCUT2D eigenvalue weighted by molar-refractivity contribution is -0.177. The molecule has 0 aliphatic rings. The van der Waals surface area contributed by atoms with E-state index in [0.717, 1.165) is 27.7 Å². The van der Waals surface area contributed by atoms with E-state index in [1.54, 1.807) is 0 Å². The summed E-state index contributed by atoms with van der Waals surface area (Å²) in [4.78, 5) is 73.8. The summed E-state index contributed by atoms with van der Waals surface area (Å²) >= 11 is 0. The summed E-state index contributed by atoms with van der Waals surface area (Å²) < 4.78 is 11.1. The lowest BCUT2D eigenvalue weighted by Crippen LogP contribution is -2.56. The molecule has 4 aromatic rings. The van der Waals surface area contributed by atoms with Crippen LogP contribution in [0.25, 0.3) is 10.8 Å². The van der Waals surface area contributed by atoms with E-state index in [-0.39, 0.29) is 44.3 Å². The van der Waals surface area contributed by atoms with E-state index in [4.69, 9.17) is 9.26 Å². The number of carbonyl (C=O) groups excluding carboxylic acids is 4. The van der Waals surface area contributed by atoms with Gasteiger partial charge in [-0.1, -0.05) is 107 Å². The summed E-state index contributed by atoms with van der Waals surface area (Å²) in [5, 5.41) is 22.4. The zero-order valence-electron chi connectivity index (χ0n) is 31.6. The summed E-state index contributed by atoms with van der Waals surface area (Å²) in [6, 6.07) is 19.6. The van der Waals surface area contributed by atoms with E-state index >= 15 is 0 Å². The Bertz CT molecular complexity index is 1870. The van der Waals surface area contributed by atoms with Gasteiger partial charge in [0.1, 0.15) is 18.7 Å². The van der Waals surface area contributed by atoms with Crippen LogP contribution in [-0.4, -0.2) is 75.6 Å². The summed E-state index contributed by atoms with van der Waals surface area (Å²) in [5.74, 6) is -1.15. The van der Waals surface area contributed by atoms with Crippen LogP contribution in [0, 0.1) is 11.8 Å². The Balaban J connectivity index is 1.54. The number of benzene rings is 3. The van der Waals surface area contributed by atoms with Crippen molar-refractivity contribution in [3.8, 4) is 0 Å². The molecular formula is C40H51N6O8P. The quantitative estimate of drug-likeness (QED) is 0.0572. The van der Waals surface area contributed by atoms with Crippen LogP contribution in [0.4, 0.5) is 4.79 Å². The van der Waals surface area contributed by atoms with Crippen molar-refractivity contribution in [1.82, 2.24) is 31.2 Å². The molecule has 1 heterocycles. The van der Waals surface area contributed by atoms with Crippen molar-refractivity contribution in [2.75, 3.05) is 6.61 Å². The van der Waals surface area contributed by atoms with Crippen LogP contribution in [0.2, 0.25) is 0 Å². The number of ether oxygens (including phenoxy) is 1. The Hall–Kier alpha value is -5.14. The maximum absolute atomic E-state index is 14.1. The Kier molecular flexibility index (Phi) is 16.8. The average Bonchev–Trinajstić information content (AvgIpc) is 3.68. The molecule has 0 saturated carbocycles. The first kappa shape index (κ1) is 42.6. The molecule has 1 aromatic heterocycles. The van der Waals surface area contributed by atoms with Gasteiger partial charge in [0, 0.05) is 24.7 Å². The standard InChI is InChI=1S/C40H51N6O8P/c1-5-27(4)35(22-47)43-36(48)24-55(52)54-37(18-26(2)3)46-39(50)34(20-31-21-41-25-42-31)44-38(49)33(45-40(51)53-23-28-12-7-6-8-13-28)19-30-16-11-15-29-14-9-10-17-32(29)30/h6-17,21,24-27,33-35,37,47H,5,18-20,22-23H2,1-4H3,(H,41,42)(H,43,48)(H,44,49)(H,45,51)(H,46,50)/t27-,33-,34-,35+,37-/m0/s1. The smallest absolute Gasteiger partial charge is 0.408 e. The van der Waals surface area contributed by atoms with Gasteiger partial charge in [-0.2, -0.15) is 4.52 Å². The topological polar surface area (TPSA) is 207 Å². The monoisotopic (exact) mass is 774 g/mol. The van der Waals surface area contributed by atoms with Crippen LogP contribution in [0.3, 0.4) is 0 Å². The molecule has 15 heteroatoms. The Labute approximate surface area is 322 Å². The van der Waals surface area contributed by atoms with Gasteiger partial charge in [-0.15, -0.1) is 0 Å². The molecule has 0 saturated heterocycles. The van der Waals surface area contributed by atoms with Crippen LogP contribution in [0.5, 0.6) is 0 Å². The third-order valence-corrected chi connectivity index (χ3v) is 9.94. The van der Waals surface area contributed by atoms with Crippen LogP contribution in [0.15, 0.2) is 85.3 Å². The number of carbonyl (C=O) groups is 4. The van der Waals surface area contributed by atoms with Gasteiger partial charge in [-0.05, 0) is 40.2 Å². The highest BCUT2D eigenvalue weighted by molar-refractivity contribution is 7.47. The van der Waals surface area contributed by atoms with E-state index in [1.165, 1.54) is 12.5 Å². The largest absolute Gasteiger partial charge is 0.603 e. The van der Waals surface area contributed by atoms with E-state index in [9.17, 15) is 29.2 Å². The molecule has 0 bridgehead atoms. The normalized spacial score (nSPS) is 14.3. The summed E-state index contributed by atoms with van der Waals surface area (Å²) in [6.45, 7) is 7.27. The van der Waals surface area contributed by atoms with Crippen LogP contribution >= 0.6 is 8.00 Å². The van der Waals surface area contributed by atoms with Gasteiger partial charge in [-0.3, -0.25) is 14.4 Å². The number of nitrogens with zero attached hydrogens (tertiary/aromatic N) is 1. The number of aromatic nitrogens is 2. The predicted molar refractivity (Wildman–Crippen MR) is 209 cm³/mol. The highest BCUT2D eigenvalue weighted by Crippen LogP contribution is 2.21. The fourth-order valence-electron chi connectivity index (χ4n) is 5.84. The molecule has 0 aliphatic heterocycles. The number of imidazole rings is 1. The van der Waals surface area contributed by atoms with E-state index in [1.807, 2.05) is 100 Å². The van der Waals surface area contributed by atoms with Gasteiger partial charge in [0.05, 0.1) is 19.0 Å². The molecule has 4 rings (SSSR count). The first-order valence-corrected chi connectivity index (χ1v) is 19.6. The molecule has 1 unspecified atom stereocenters. The number of aliphatic hydroxyl groups excluding tert-OH is 1. The molecule has 14 nitrogen and oxygen atoms in total. The molecule has 3 aromatic carbocycles. The lowest BCUT2D eigenvalue weighted by Gasteiger charge is -2.25. The number of H-pyrrole nitrogens is 1. The van der Waals surface area contributed by atoms with Gasteiger partial charge in [0.2, 0.25) is 25.6 Å². The van der Waals surface area contributed by atoms with E-state index in [0.29, 0.717) is 12.1 Å². The highest BCUT2D eigenvalue weighted by atomic mass is 31.1. The van der Waals surface area contributed by atoms with Crippen LogP contribution in [0.1, 0.15) is 57.4 Å². The first-order valence-electron chi connectivity index (χ1n) is 18.4. The molecule has 6 N–H and O–H groups in total. The van der Waals surface area contributed by atoms with Crippen molar-refractivity contribution in [2.45, 2.75) is 84.3 Å². The third kappa shape index (κ3) is 13.9. The molecule has 0 aliphatic carbocycles. The molecule has 0 fully saturated rings. The number of nitrogens with one attached hydrogen (secondary N) is 5. The highest BCUT2D eigenvalue weighted by Gasteiger charge is 2.31. The molecule has 0 spiro atoms. The number of hydrogen-bond acceptors (Lipinski definition) is 9. The lowest BCUT2D eigenvalue weighted by atomic mass is 9.98. The van der Waals surface area contributed by atoms with Crippen molar-refractivity contribution >= 4 is 48.4 Å². The Morgan fingerprint density at radius 3 is 2.27 bits per heavy atom. The zero-order valence-corrected chi connectivity index (χ0v) is 32.5. The minimum atomic E-state index is -2.69. The van der Waals surface area contributed by atoms with Gasteiger partial charge >= 0.3 is 6.09 Å². The van der Waals surface area contributed by atoms with Gasteiger partial charge < -0.3 is 41.0 Å². The fraction of sp³-hybridized carbons (Fsp3) is 0.400. The van der Waals surface area contributed by atoms with Gasteiger partial charge in [0.15, 0.2) is 6.23 Å². The maximum Gasteiger partial charge on any atom is 0.408 e. The first-order chi connectivity index (χ1) is 26.4. The molecule has 0 radical (unpaired) electrons. The van der Waals surface area contributed by atoms with Gasteiger partial charge in [-0.25, -0.2) is 9.78 Å². The summed E-state index contributed by atoms with van der Waals surface area (Å²) in [6.07, 6.45) is 2.07. The third-order valence-electron chi connectivity index (χ3n) is 9.03. The van der Waals surface area contributed by atoms with Crippen LogP contribution in [-0.2, 0) is 43.1 Å². The van der Waals surface area contributed by atoms with Crippen molar-refractivity contribution in [3.05, 3.63) is 102 Å². The number of hydrogen-bond donors (Lipinski definition) is 6. The Morgan fingerprint density at radius 1 is 0.891 bits per heavy atom.